The SMILES string of the molecule is O=C1[NH][Hg][NH]1. The van der Waals surface area contributed by atoms with Gasteiger partial charge in [-0.1, -0.05) is 0 Å². The van der Waals surface area contributed by atoms with Crippen LogP contribution in [0.2, 0.25) is 0 Å². The molecule has 0 bridgehead atoms. The molecule has 1 aliphatic heterocycles. The number of amides is 2. The van der Waals surface area contributed by atoms with E-state index in [9.17, 15) is 4.79 Å². The van der Waals surface area contributed by atoms with Gasteiger partial charge in [-0.3, -0.25) is 0 Å². The fourth-order valence-corrected chi connectivity index (χ4v) is 1.41. The van der Waals surface area contributed by atoms with Gasteiger partial charge in [-0.2, -0.15) is 0 Å². The molecule has 5 heavy (non-hydrogen) atoms. The molecule has 0 aromatic rings. The molecule has 0 aliphatic carbocycles. The van der Waals surface area contributed by atoms with E-state index >= 15 is 0 Å². The van der Waals surface area contributed by atoms with Gasteiger partial charge < -0.3 is 0 Å². The molecule has 0 atom stereocenters. The molecule has 1 saturated heterocycles. The minimum absolute atomic E-state index is 0.0340. The van der Waals surface area contributed by atoms with E-state index in [1.54, 1.807) is 0 Å². The molecule has 0 radical (unpaired) electrons. The van der Waals surface area contributed by atoms with Crippen molar-refractivity contribution in [2.75, 3.05) is 0 Å². The number of rotatable bonds is 0. The van der Waals surface area contributed by atoms with E-state index in [4.69, 9.17) is 0 Å². The van der Waals surface area contributed by atoms with Crippen LogP contribution < -0.4 is 6.16 Å². The van der Waals surface area contributed by atoms with E-state index in [-0.39, 0.29) is 6.03 Å². The summed E-state index contributed by atoms with van der Waals surface area (Å²) in [6.45, 7) is 0. The van der Waals surface area contributed by atoms with Crippen molar-refractivity contribution in [1.29, 1.82) is 0 Å². The standard InChI is InChI=1S/CH3N2O.Hg/c2-1(3)4;/h(H3-,2,3,4);/q-1;+2/p-1. The molecule has 0 spiro atoms. The number of hydrogen-bond donors (Lipinski definition) is 2. The quantitative estimate of drug-likeness (QED) is 0.550. The monoisotopic (exact) mass is 260 g/mol. The number of urea groups is 1. The van der Waals surface area contributed by atoms with Gasteiger partial charge in [0.2, 0.25) is 0 Å². The summed E-state index contributed by atoms with van der Waals surface area (Å²) in [5, 5.41) is 0. The number of hydrogen-bond acceptors (Lipinski definition) is 1. The Bertz CT molecular complexity index is 56.7. The van der Waals surface area contributed by atoms with E-state index in [0.717, 1.165) is 0 Å². The molecular weight excluding hydrogens is 257 g/mol. The molecule has 2 amide bonds. The Morgan fingerprint density at radius 3 is 2.00 bits per heavy atom. The molecule has 4 heteroatoms. The maximum atomic E-state index is 9.73. The van der Waals surface area contributed by atoms with Crippen LogP contribution in [0.25, 0.3) is 0 Å². The van der Waals surface area contributed by atoms with Crippen molar-refractivity contribution in [3.8, 4) is 0 Å². The normalized spacial score (nSPS) is 15.6. The second kappa shape index (κ2) is 1.12. The average Bonchev–Trinajstić information content (AvgIpc) is 1.30. The first-order chi connectivity index (χ1) is 2.39. The van der Waals surface area contributed by atoms with Crippen LogP contribution in [0, 0.1) is 0 Å². The van der Waals surface area contributed by atoms with Gasteiger partial charge in [-0.15, -0.1) is 0 Å². The third kappa shape index (κ3) is 0.531. The van der Waals surface area contributed by atoms with Gasteiger partial charge in [0.25, 0.3) is 0 Å². The fraction of sp³-hybridized carbons (Fsp3) is 0. The zero-order valence-electron chi connectivity index (χ0n) is 2.62. The van der Waals surface area contributed by atoms with Crippen molar-refractivity contribution in [2.24, 2.45) is 0 Å². The van der Waals surface area contributed by atoms with Crippen LogP contribution in [0.3, 0.4) is 0 Å². The first kappa shape index (κ1) is 3.40. The Morgan fingerprint density at radius 1 is 1.60 bits per heavy atom. The van der Waals surface area contributed by atoms with Crippen molar-refractivity contribution in [3.05, 3.63) is 0 Å². The van der Waals surface area contributed by atoms with Crippen molar-refractivity contribution in [3.63, 3.8) is 0 Å². The first-order valence-corrected chi connectivity index (χ1v) is 6.91. The van der Waals surface area contributed by atoms with E-state index in [1.807, 2.05) is 0 Å². The number of carbonyl (C=O) groups is 1. The van der Waals surface area contributed by atoms with Crippen molar-refractivity contribution >= 4 is 6.03 Å². The summed E-state index contributed by atoms with van der Waals surface area (Å²) in [5.41, 5.74) is 0. The third-order valence-corrected chi connectivity index (χ3v) is 4.37. The van der Waals surface area contributed by atoms with Crippen LogP contribution >= 0.6 is 0 Å². The van der Waals surface area contributed by atoms with Gasteiger partial charge in [0.05, 0.1) is 0 Å². The second-order valence-electron chi connectivity index (χ2n) is 0.859. The fourth-order valence-electron chi connectivity index (χ4n) is 0.161. The Balaban J connectivity index is 2.32. The first-order valence-electron chi connectivity index (χ1n) is 1.41. The van der Waals surface area contributed by atoms with Gasteiger partial charge in [0, 0.05) is 0 Å². The zero-order chi connectivity index (χ0) is 3.70. The van der Waals surface area contributed by atoms with Crippen LogP contribution in [-0.4, -0.2) is 6.03 Å². The van der Waals surface area contributed by atoms with Crippen molar-refractivity contribution in [2.45, 2.75) is 0 Å². The molecular formula is CH2HgN2O. The Morgan fingerprint density at radius 2 is 2.00 bits per heavy atom. The van der Waals surface area contributed by atoms with Crippen LogP contribution in [0.5, 0.6) is 0 Å². The zero-order valence-corrected chi connectivity index (χ0v) is 8.11. The maximum absolute atomic E-state index is 9.73. The summed E-state index contributed by atoms with van der Waals surface area (Å²) in [4.78, 5) is 9.73. The minimum atomic E-state index is -0.850. The average molecular weight is 259 g/mol. The number of carbonyl (C=O) groups excluding carboxylic acids is 1. The van der Waals surface area contributed by atoms with Gasteiger partial charge in [-0.05, 0) is 0 Å². The van der Waals surface area contributed by atoms with Crippen LogP contribution in [0.4, 0.5) is 4.79 Å². The van der Waals surface area contributed by atoms with Crippen LogP contribution in [0.15, 0.2) is 0 Å². The molecule has 2 N–H and O–H groups in total. The summed E-state index contributed by atoms with van der Waals surface area (Å²) in [6.07, 6.45) is 0. The van der Waals surface area contributed by atoms with Gasteiger partial charge in [-0.25, -0.2) is 0 Å². The van der Waals surface area contributed by atoms with Gasteiger partial charge in [0.15, 0.2) is 0 Å². The Kier molecular flexibility index (Phi) is 0.762. The topological polar surface area (TPSA) is 41.1 Å². The summed E-state index contributed by atoms with van der Waals surface area (Å²) >= 11 is -0.850. The van der Waals surface area contributed by atoms with Crippen LogP contribution in [0.1, 0.15) is 0 Å². The molecule has 0 saturated carbocycles. The summed E-state index contributed by atoms with van der Waals surface area (Å²) in [6, 6.07) is 0.0340. The predicted octanol–water partition coefficient (Wildman–Crippen LogP) is -0.788. The molecule has 1 fully saturated rings. The Hall–Kier alpha value is 0.205. The molecule has 0 unspecified atom stereocenters. The second-order valence-corrected chi connectivity index (χ2v) is 4.98. The van der Waals surface area contributed by atoms with Crippen molar-refractivity contribution in [1.82, 2.24) is 6.16 Å². The predicted molar refractivity (Wildman–Crippen MR) is 11.7 cm³/mol. The summed E-state index contributed by atoms with van der Waals surface area (Å²) in [7, 11) is 0. The van der Waals surface area contributed by atoms with E-state index < -0.39 is 25.2 Å². The van der Waals surface area contributed by atoms with E-state index in [1.165, 1.54) is 0 Å². The third-order valence-electron chi connectivity index (χ3n) is 0.498. The summed E-state index contributed by atoms with van der Waals surface area (Å²) < 4.78 is 5.36. The molecule has 24 valence electrons. The molecule has 1 rings (SSSR count). The van der Waals surface area contributed by atoms with Crippen LogP contribution in [-0.2, 0) is 25.2 Å². The van der Waals surface area contributed by atoms with E-state index in [0.29, 0.717) is 0 Å². The van der Waals surface area contributed by atoms with E-state index in [2.05, 4.69) is 6.16 Å². The van der Waals surface area contributed by atoms with Gasteiger partial charge in [0.1, 0.15) is 0 Å². The molecule has 0 aromatic carbocycles. The molecule has 1 aliphatic rings. The summed E-state index contributed by atoms with van der Waals surface area (Å²) in [5.74, 6) is 0. The number of nitrogens with one attached hydrogen (secondary N) is 2. The molecule has 0 aromatic heterocycles. The van der Waals surface area contributed by atoms with Crippen molar-refractivity contribution < 1.29 is 30.0 Å². The van der Waals surface area contributed by atoms with Gasteiger partial charge >= 0.3 is 42.2 Å². The Labute approximate surface area is 42.4 Å². The molecule has 3 nitrogen and oxygen atoms in total. The molecule has 1 heterocycles.